The molecule has 0 unspecified atom stereocenters. The van der Waals surface area contributed by atoms with E-state index in [1.165, 1.54) is 19.3 Å². The van der Waals surface area contributed by atoms with Crippen LogP contribution in [0.1, 0.15) is 83.6 Å². The largest absolute Gasteiger partial charge is 0.459 e. The van der Waals surface area contributed by atoms with Gasteiger partial charge in [-0.2, -0.15) is 0 Å². The summed E-state index contributed by atoms with van der Waals surface area (Å²) in [7, 11) is 0. The van der Waals surface area contributed by atoms with Crippen molar-refractivity contribution in [2.75, 3.05) is 0 Å². The lowest BCUT2D eigenvalue weighted by molar-refractivity contribution is -0.161. The Morgan fingerprint density at radius 1 is 1.09 bits per heavy atom. The summed E-state index contributed by atoms with van der Waals surface area (Å²) in [6.07, 6.45) is 10.9. The first-order chi connectivity index (χ1) is 15.7. The van der Waals surface area contributed by atoms with Crippen LogP contribution in [0.4, 0.5) is 0 Å². The topological polar surface area (TPSA) is 69.0 Å². The highest BCUT2D eigenvalue weighted by Crippen LogP contribution is 2.78. The van der Waals surface area contributed by atoms with Crippen LogP contribution in [0.5, 0.6) is 0 Å². The predicted molar refractivity (Wildman–Crippen MR) is 124 cm³/mol. The molecule has 4 saturated carbocycles. The standard InChI is InChI=1S/C28H36O5/c1-16(2)25(30)32-19-9-11-26(3)18(13-19)6-7-21-20(26)10-12-27(4)22(14-23-28(21,27)33-23)17-5-8-24(29)31-15-17/h5,8,15,18-23H,1,6-7,9-14H2,2-4H3/t18-,19-,20+,21-,22-,23+,26+,27-,28+/m1/s1. The Morgan fingerprint density at radius 3 is 2.64 bits per heavy atom. The zero-order valence-corrected chi connectivity index (χ0v) is 20.1. The SMILES string of the molecule is C=C(C)C(=O)O[C@@H]1CC[C@@]2(C)[C@H](CC[C@@H]3[C@@H]2CC[C@]2(C)[C@@H](c4ccc(=O)oc4)C[C@@H]4O[C@]432)C1. The number of epoxide rings is 1. The molecule has 4 aliphatic carbocycles. The van der Waals surface area contributed by atoms with Crippen LogP contribution >= 0.6 is 0 Å². The molecule has 178 valence electrons. The number of ether oxygens (including phenoxy) is 2. The van der Waals surface area contributed by atoms with Gasteiger partial charge in [0.1, 0.15) is 11.7 Å². The number of carbonyl (C=O) groups excluding carboxylic acids is 1. The maximum atomic E-state index is 12.1. The fourth-order valence-corrected chi connectivity index (χ4v) is 9.08. The lowest BCUT2D eigenvalue weighted by Gasteiger charge is -2.61. The average molecular weight is 453 g/mol. The van der Waals surface area contributed by atoms with E-state index in [2.05, 4.69) is 20.4 Å². The minimum atomic E-state index is -0.280. The third kappa shape index (κ3) is 2.87. The fraction of sp³-hybridized carbons (Fsp3) is 0.714. The van der Waals surface area contributed by atoms with Gasteiger partial charge in [0.05, 0.1) is 12.4 Å². The predicted octanol–water partition coefficient (Wildman–Crippen LogP) is 5.39. The second-order valence-corrected chi connectivity index (χ2v) is 12.1. The van der Waals surface area contributed by atoms with Gasteiger partial charge in [-0.05, 0) is 99.0 Å². The summed E-state index contributed by atoms with van der Waals surface area (Å²) in [5.41, 5.74) is 1.73. The van der Waals surface area contributed by atoms with E-state index in [9.17, 15) is 9.59 Å². The molecule has 5 fully saturated rings. The first-order valence-corrected chi connectivity index (χ1v) is 12.8. The molecular weight excluding hydrogens is 416 g/mol. The number of fused-ring (bicyclic) bond motifs is 3. The zero-order chi connectivity index (χ0) is 23.2. The summed E-state index contributed by atoms with van der Waals surface area (Å²) < 4.78 is 17.7. The smallest absolute Gasteiger partial charge is 0.335 e. The number of rotatable bonds is 3. The van der Waals surface area contributed by atoms with Gasteiger partial charge < -0.3 is 13.9 Å². The minimum Gasteiger partial charge on any atom is -0.459 e. The van der Waals surface area contributed by atoms with E-state index in [-0.39, 0.29) is 28.7 Å². The first kappa shape index (κ1) is 21.6. The van der Waals surface area contributed by atoms with E-state index in [1.54, 1.807) is 19.3 Å². The molecule has 1 aromatic heterocycles. The van der Waals surface area contributed by atoms with E-state index in [0.717, 1.165) is 37.7 Å². The molecule has 0 aromatic carbocycles. The Hall–Kier alpha value is -1.88. The van der Waals surface area contributed by atoms with Crippen molar-refractivity contribution in [1.29, 1.82) is 0 Å². The van der Waals surface area contributed by atoms with Crippen molar-refractivity contribution < 1.29 is 18.7 Å². The maximum absolute atomic E-state index is 12.1. The summed E-state index contributed by atoms with van der Waals surface area (Å²) in [4.78, 5) is 23.6. The zero-order valence-electron chi connectivity index (χ0n) is 20.1. The molecule has 5 heteroatoms. The van der Waals surface area contributed by atoms with Gasteiger partial charge in [-0.15, -0.1) is 0 Å². The number of esters is 1. The van der Waals surface area contributed by atoms with Gasteiger partial charge in [-0.25, -0.2) is 9.59 Å². The highest BCUT2D eigenvalue weighted by atomic mass is 16.6. The van der Waals surface area contributed by atoms with E-state index in [1.807, 2.05) is 6.07 Å². The maximum Gasteiger partial charge on any atom is 0.335 e. The third-order valence-electron chi connectivity index (χ3n) is 10.8. The normalized spacial score (nSPS) is 47.5. The molecule has 0 bridgehead atoms. The van der Waals surface area contributed by atoms with E-state index >= 15 is 0 Å². The molecule has 2 heterocycles. The van der Waals surface area contributed by atoms with Gasteiger partial charge >= 0.3 is 11.6 Å². The van der Waals surface area contributed by atoms with Crippen LogP contribution in [0.3, 0.4) is 0 Å². The Balaban J connectivity index is 1.24. The Morgan fingerprint density at radius 2 is 1.91 bits per heavy atom. The summed E-state index contributed by atoms with van der Waals surface area (Å²) in [5.74, 6) is 2.02. The average Bonchev–Trinajstić information content (AvgIpc) is 3.44. The molecule has 1 aliphatic heterocycles. The molecule has 1 saturated heterocycles. The van der Waals surface area contributed by atoms with Gasteiger partial charge in [0, 0.05) is 17.1 Å². The second kappa shape index (κ2) is 7.07. The molecule has 9 atom stereocenters. The summed E-state index contributed by atoms with van der Waals surface area (Å²) >= 11 is 0. The third-order valence-corrected chi connectivity index (χ3v) is 10.8. The van der Waals surface area contributed by atoms with Crippen LogP contribution in [0, 0.1) is 28.6 Å². The van der Waals surface area contributed by atoms with E-state index in [0.29, 0.717) is 40.8 Å². The number of carbonyl (C=O) groups is 1. The monoisotopic (exact) mass is 452 g/mol. The van der Waals surface area contributed by atoms with Crippen LogP contribution in [0.25, 0.3) is 0 Å². The molecule has 33 heavy (non-hydrogen) atoms. The highest BCUT2D eigenvalue weighted by Gasteiger charge is 2.80. The summed E-state index contributed by atoms with van der Waals surface area (Å²) in [6, 6.07) is 3.53. The van der Waals surface area contributed by atoms with Gasteiger partial charge in [0.15, 0.2) is 0 Å². The molecule has 1 spiro atoms. The van der Waals surface area contributed by atoms with E-state index < -0.39 is 0 Å². The molecule has 0 radical (unpaired) electrons. The highest BCUT2D eigenvalue weighted by molar-refractivity contribution is 5.87. The van der Waals surface area contributed by atoms with Crippen molar-refractivity contribution in [2.24, 2.45) is 28.6 Å². The Kier molecular flexibility index (Phi) is 4.63. The van der Waals surface area contributed by atoms with Crippen LogP contribution in [-0.2, 0) is 14.3 Å². The minimum absolute atomic E-state index is 0.0199. The molecule has 6 rings (SSSR count). The number of hydrogen-bond donors (Lipinski definition) is 0. The molecule has 0 amide bonds. The quantitative estimate of drug-likeness (QED) is 0.350. The lowest BCUT2D eigenvalue weighted by Crippen LogP contribution is -2.58. The van der Waals surface area contributed by atoms with Crippen molar-refractivity contribution in [1.82, 2.24) is 0 Å². The van der Waals surface area contributed by atoms with Crippen LogP contribution in [0.2, 0.25) is 0 Å². The van der Waals surface area contributed by atoms with Gasteiger partial charge in [0.25, 0.3) is 0 Å². The second-order valence-electron chi connectivity index (χ2n) is 12.1. The van der Waals surface area contributed by atoms with Gasteiger partial charge in [-0.3, -0.25) is 0 Å². The molecular formula is C28H36O5. The van der Waals surface area contributed by atoms with Crippen molar-refractivity contribution in [3.63, 3.8) is 0 Å². The van der Waals surface area contributed by atoms with Gasteiger partial charge in [-0.1, -0.05) is 20.4 Å². The fourth-order valence-electron chi connectivity index (χ4n) is 9.08. The number of hydrogen-bond acceptors (Lipinski definition) is 5. The Bertz CT molecular complexity index is 1040. The first-order valence-electron chi connectivity index (χ1n) is 12.8. The lowest BCUT2D eigenvalue weighted by atomic mass is 9.44. The van der Waals surface area contributed by atoms with Crippen molar-refractivity contribution in [3.8, 4) is 0 Å². The van der Waals surface area contributed by atoms with Crippen molar-refractivity contribution in [3.05, 3.63) is 46.5 Å². The van der Waals surface area contributed by atoms with Crippen LogP contribution < -0.4 is 5.63 Å². The molecule has 1 aromatic rings. The van der Waals surface area contributed by atoms with Crippen molar-refractivity contribution >= 4 is 5.97 Å². The van der Waals surface area contributed by atoms with Crippen LogP contribution in [0.15, 0.2) is 39.8 Å². The van der Waals surface area contributed by atoms with Crippen LogP contribution in [-0.4, -0.2) is 23.8 Å². The summed E-state index contributed by atoms with van der Waals surface area (Å²) in [5, 5.41) is 0. The van der Waals surface area contributed by atoms with Gasteiger partial charge in [0.2, 0.25) is 0 Å². The van der Waals surface area contributed by atoms with E-state index in [4.69, 9.17) is 13.9 Å². The Labute approximate surface area is 195 Å². The molecule has 0 N–H and O–H groups in total. The summed E-state index contributed by atoms with van der Waals surface area (Å²) in [6.45, 7) is 10.4. The molecule has 5 aliphatic rings. The molecule has 5 nitrogen and oxygen atoms in total. The van der Waals surface area contributed by atoms with Crippen molar-refractivity contribution in [2.45, 2.75) is 95.9 Å².